The number of aromatic nitrogens is 1. The van der Waals surface area contributed by atoms with Gasteiger partial charge in [0.1, 0.15) is 5.56 Å². The fraction of sp³-hybridized carbons (Fsp3) is 0.182. The summed E-state index contributed by atoms with van der Waals surface area (Å²) in [4.78, 5) is 25.6. The molecule has 0 aliphatic rings. The van der Waals surface area contributed by atoms with Crippen LogP contribution in [0.1, 0.15) is 27.2 Å². The van der Waals surface area contributed by atoms with E-state index in [2.05, 4.69) is 11.4 Å². The van der Waals surface area contributed by atoms with Gasteiger partial charge in [0.2, 0.25) is 0 Å². The van der Waals surface area contributed by atoms with Gasteiger partial charge < -0.3 is 5.32 Å². The van der Waals surface area contributed by atoms with E-state index in [-0.39, 0.29) is 28.4 Å². The number of benzene rings is 2. The normalized spacial score (nSPS) is 11.9. The standard InChI is InChI=1S/C22H18F3N2O4S/c1-14-6-11-19(20(28)26-13-15-7-9-18(10-8-15)32(2,30)31)21(29)27(14)17-5-3-4-16(12-17)22(23,24)25/h3-5,7-12H,13H2,1-2H3,(H,26,28). The van der Waals surface area contributed by atoms with Gasteiger partial charge in [-0.1, -0.05) is 18.2 Å². The van der Waals surface area contributed by atoms with Crippen molar-refractivity contribution in [2.24, 2.45) is 0 Å². The summed E-state index contributed by atoms with van der Waals surface area (Å²) in [5.41, 5.74) is -1.20. The Balaban J connectivity index is 1.87. The van der Waals surface area contributed by atoms with Crippen molar-refractivity contribution >= 4 is 15.7 Å². The second-order valence-electron chi connectivity index (χ2n) is 7.08. The molecule has 6 nitrogen and oxygen atoms in total. The second-order valence-corrected chi connectivity index (χ2v) is 9.09. The van der Waals surface area contributed by atoms with Crippen LogP contribution in [0.4, 0.5) is 13.2 Å². The fourth-order valence-corrected chi connectivity index (χ4v) is 3.63. The number of carbonyl (C=O) groups is 1. The van der Waals surface area contributed by atoms with Crippen LogP contribution in [0.25, 0.3) is 5.69 Å². The summed E-state index contributed by atoms with van der Waals surface area (Å²) in [7, 11) is -3.35. The van der Waals surface area contributed by atoms with Gasteiger partial charge >= 0.3 is 6.18 Å². The fourth-order valence-electron chi connectivity index (χ4n) is 3.00. The third-order valence-electron chi connectivity index (χ3n) is 4.68. The Bertz CT molecular complexity index is 1330. The lowest BCUT2D eigenvalue weighted by atomic mass is 10.1. The number of alkyl halides is 3. The molecule has 0 aliphatic carbocycles. The summed E-state index contributed by atoms with van der Waals surface area (Å²) in [6.45, 7) is 1.51. The number of hydrogen-bond donors (Lipinski definition) is 1. The maximum absolute atomic E-state index is 13.1. The van der Waals surface area contributed by atoms with E-state index in [4.69, 9.17) is 0 Å². The number of rotatable bonds is 5. The summed E-state index contributed by atoms with van der Waals surface area (Å²) < 4.78 is 63.2. The zero-order valence-electron chi connectivity index (χ0n) is 17.0. The van der Waals surface area contributed by atoms with Crippen LogP contribution in [0.5, 0.6) is 0 Å². The van der Waals surface area contributed by atoms with E-state index in [0.717, 1.165) is 23.0 Å². The molecule has 0 atom stereocenters. The van der Waals surface area contributed by atoms with E-state index < -0.39 is 33.0 Å². The van der Waals surface area contributed by atoms with Gasteiger partial charge in [0, 0.05) is 30.2 Å². The van der Waals surface area contributed by atoms with Crippen LogP contribution in [0.3, 0.4) is 0 Å². The molecule has 10 heteroatoms. The first-order valence-electron chi connectivity index (χ1n) is 9.27. The van der Waals surface area contributed by atoms with E-state index in [0.29, 0.717) is 5.56 Å². The maximum atomic E-state index is 13.1. The highest BCUT2D eigenvalue weighted by molar-refractivity contribution is 7.90. The van der Waals surface area contributed by atoms with Crippen LogP contribution in [0, 0.1) is 13.0 Å². The number of carbonyl (C=O) groups excluding carboxylic acids is 1. The Hall–Kier alpha value is -3.40. The zero-order chi connectivity index (χ0) is 23.7. The average Bonchev–Trinajstić information content (AvgIpc) is 2.71. The van der Waals surface area contributed by atoms with Crippen molar-refractivity contribution in [1.29, 1.82) is 0 Å². The van der Waals surface area contributed by atoms with Crippen molar-refractivity contribution in [3.63, 3.8) is 0 Å². The number of nitrogens with one attached hydrogen (secondary N) is 1. The van der Waals surface area contributed by atoms with Crippen LogP contribution in [0.15, 0.2) is 64.3 Å². The van der Waals surface area contributed by atoms with Crippen molar-refractivity contribution in [3.8, 4) is 5.69 Å². The van der Waals surface area contributed by atoms with Crippen molar-refractivity contribution in [2.45, 2.75) is 24.5 Å². The minimum absolute atomic E-state index is 0.0136. The molecule has 1 amide bonds. The molecule has 0 unspecified atom stereocenters. The smallest absolute Gasteiger partial charge is 0.348 e. The van der Waals surface area contributed by atoms with E-state index >= 15 is 0 Å². The molecule has 3 rings (SSSR count). The number of amides is 1. The molecule has 32 heavy (non-hydrogen) atoms. The molecule has 167 valence electrons. The minimum Gasteiger partial charge on any atom is -0.348 e. The molecule has 0 saturated heterocycles. The van der Waals surface area contributed by atoms with E-state index in [9.17, 15) is 31.2 Å². The third kappa shape index (κ3) is 5.08. The predicted molar refractivity (Wildman–Crippen MR) is 111 cm³/mol. The Kier molecular flexibility index (Phi) is 6.27. The lowest BCUT2D eigenvalue weighted by Crippen LogP contribution is -2.33. The summed E-state index contributed by atoms with van der Waals surface area (Å²) in [6, 6.07) is 14.0. The van der Waals surface area contributed by atoms with E-state index in [1.54, 1.807) is 0 Å². The van der Waals surface area contributed by atoms with Crippen LogP contribution >= 0.6 is 0 Å². The average molecular weight is 463 g/mol. The first kappa shape index (κ1) is 23.3. The highest BCUT2D eigenvalue weighted by Crippen LogP contribution is 2.30. The Labute approximate surface area is 182 Å². The second kappa shape index (κ2) is 8.62. The summed E-state index contributed by atoms with van der Waals surface area (Å²) in [5, 5.41) is 2.55. The Morgan fingerprint density at radius 1 is 1.12 bits per heavy atom. The number of hydrogen-bond acceptors (Lipinski definition) is 4. The van der Waals surface area contributed by atoms with E-state index in [1.807, 2.05) is 0 Å². The molecule has 1 aromatic heterocycles. The zero-order valence-corrected chi connectivity index (χ0v) is 17.8. The molecule has 0 aliphatic heterocycles. The molecule has 3 aromatic rings. The highest BCUT2D eigenvalue weighted by Gasteiger charge is 2.30. The largest absolute Gasteiger partial charge is 0.416 e. The van der Waals surface area contributed by atoms with Gasteiger partial charge in [-0.05, 0) is 48.9 Å². The number of sulfone groups is 1. The monoisotopic (exact) mass is 463 g/mol. The van der Waals surface area contributed by atoms with Crippen LogP contribution in [-0.2, 0) is 22.6 Å². The molecule has 0 spiro atoms. The molecular formula is C22H18F3N2O4S. The number of nitrogens with zero attached hydrogens (tertiary/aromatic N) is 1. The molecule has 0 saturated carbocycles. The van der Waals surface area contributed by atoms with Crippen molar-refractivity contribution in [1.82, 2.24) is 9.88 Å². The number of pyridine rings is 1. The molecule has 0 bridgehead atoms. The first-order valence-corrected chi connectivity index (χ1v) is 11.2. The molecule has 0 fully saturated rings. The predicted octanol–water partition coefficient (Wildman–Crippen LogP) is 3.30. The summed E-state index contributed by atoms with van der Waals surface area (Å²) >= 11 is 0. The third-order valence-corrected chi connectivity index (χ3v) is 5.80. The SMILES string of the molecule is Cc1[c]cc(C(=O)NCc2ccc(S(C)(=O)=O)cc2)c(=O)n1-c1cccc(C(F)(F)F)c1. The number of halogens is 3. The van der Waals surface area contributed by atoms with Crippen molar-refractivity contribution in [3.05, 3.63) is 93.4 Å². The summed E-state index contributed by atoms with van der Waals surface area (Å²) in [6.07, 6.45) is -3.51. The lowest BCUT2D eigenvalue weighted by molar-refractivity contribution is -0.137. The first-order chi connectivity index (χ1) is 14.9. The van der Waals surface area contributed by atoms with Gasteiger partial charge in [-0.3, -0.25) is 14.2 Å². The van der Waals surface area contributed by atoms with Gasteiger partial charge in [0.15, 0.2) is 9.84 Å². The van der Waals surface area contributed by atoms with Crippen LogP contribution < -0.4 is 10.9 Å². The van der Waals surface area contributed by atoms with Gasteiger partial charge in [-0.15, -0.1) is 0 Å². The van der Waals surface area contributed by atoms with Gasteiger partial charge in [-0.25, -0.2) is 8.42 Å². The molecule has 1 heterocycles. The van der Waals surface area contributed by atoms with E-state index in [1.165, 1.54) is 49.4 Å². The molecular weight excluding hydrogens is 445 g/mol. The van der Waals surface area contributed by atoms with Crippen LogP contribution in [0.2, 0.25) is 0 Å². The van der Waals surface area contributed by atoms with Crippen molar-refractivity contribution in [2.75, 3.05) is 6.26 Å². The quantitative estimate of drug-likeness (QED) is 0.629. The number of aryl methyl sites for hydroxylation is 1. The highest BCUT2D eigenvalue weighted by atomic mass is 32.2. The Morgan fingerprint density at radius 3 is 2.38 bits per heavy atom. The van der Waals surface area contributed by atoms with Gasteiger partial charge in [0.05, 0.1) is 10.5 Å². The minimum atomic E-state index is -4.58. The van der Waals surface area contributed by atoms with Gasteiger partial charge in [0.25, 0.3) is 11.5 Å². The maximum Gasteiger partial charge on any atom is 0.416 e. The molecule has 2 aromatic carbocycles. The lowest BCUT2D eigenvalue weighted by Gasteiger charge is -2.14. The molecule has 1 radical (unpaired) electrons. The Morgan fingerprint density at radius 2 is 1.78 bits per heavy atom. The van der Waals surface area contributed by atoms with Gasteiger partial charge in [-0.2, -0.15) is 13.2 Å². The molecule has 1 N–H and O–H groups in total. The van der Waals surface area contributed by atoms with Crippen LogP contribution in [-0.4, -0.2) is 25.1 Å². The topological polar surface area (TPSA) is 85.2 Å². The summed E-state index contributed by atoms with van der Waals surface area (Å²) in [5.74, 6) is -0.737. The van der Waals surface area contributed by atoms with Crippen molar-refractivity contribution < 1.29 is 26.4 Å².